The van der Waals surface area contributed by atoms with Crippen molar-refractivity contribution in [1.29, 1.82) is 0 Å². The molecule has 0 spiro atoms. The summed E-state index contributed by atoms with van der Waals surface area (Å²) in [6, 6.07) is 0.290. The van der Waals surface area contributed by atoms with Crippen LogP contribution in [0.25, 0.3) is 0 Å². The van der Waals surface area contributed by atoms with Crippen molar-refractivity contribution < 1.29 is 0 Å². The number of hydrogen-bond acceptors (Lipinski definition) is 4. The number of hydrogen-bond donors (Lipinski definition) is 1. The molecule has 0 radical (unpaired) electrons. The summed E-state index contributed by atoms with van der Waals surface area (Å²) in [6.07, 6.45) is 2.50. The van der Waals surface area contributed by atoms with Crippen LogP contribution in [0.2, 0.25) is 0 Å². The normalized spacial score (nSPS) is 22.0. The van der Waals surface area contributed by atoms with Gasteiger partial charge in [-0.2, -0.15) is 0 Å². The van der Waals surface area contributed by atoms with E-state index >= 15 is 0 Å². The third kappa shape index (κ3) is 3.91. The van der Waals surface area contributed by atoms with Gasteiger partial charge in [0.05, 0.1) is 6.54 Å². The van der Waals surface area contributed by atoms with E-state index in [1.807, 2.05) is 6.92 Å². The van der Waals surface area contributed by atoms with Crippen LogP contribution in [0.5, 0.6) is 0 Å². The SMILES string of the molecule is CCn1c(C)nnc1CN1CCCC(C(C)N)C1.Cl. The molecular formula is C13H26ClN5. The minimum absolute atomic E-state index is 0. The Morgan fingerprint density at radius 1 is 1.42 bits per heavy atom. The molecule has 0 amide bonds. The van der Waals surface area contributed by atoms with E-state index < -0.39 is 0 Å². The lowest BCUT2D eigenvalue weighted by atomic mass is 9.92. The molecule has 0 bridgehead atoms. The Morgan fingerprint density at radius 2 is 2.16 bits per heavy atom. The highest BCUT2D eigenvalue weighted by Crippen LogP contribution is 2.20. The second kappa shape index (κ2) is 7.22. The van der Waals surface area contributed by atoms with Crippen LogP contribution in [0.3, 0.4) is 0 Å². The van der Waals surface area contributed by atoms with Crippen molar-refractivity contribution in [3.05, 3.63) is 11.6 Å². The van der Waals surface area contributed by atoms with Crippen molar-refractivity contribution in [2.45, 2.75) is 52.7 Å². The van der Waals surface area contributed by atoms with Crippen LogP contribution < -0.4 is 5.73 Å². The van der Waals surface area contributed by atoms with Gasteiger partial charge in [0.15, 0.2) is 0 Å². The van der Waals surface area contributed by atoms with Gasteiger partial charge in [0.25, 0.3) is 0 Å². The Hall–Kier alpha value is -0.650. The predicted octanol–water partition coefficient (Wildman–Crippen LogP) is 1.59. The summed E-state index contributed by atoms with van der Waals surface area (Å²) in [6.45, 7) is 10.4. The maximum Gasteiger partial charge on any atom is 0.147 e. The predicted molar refractivity (Wildman–Crippen MR) is 79.3 cm³/mol. The Bertz CT molecular complexity index is 390. The second-order valence-corrected chi connectivity index (χ2v) is 5.40. The molecule has 1 fully saturated rings. The summed E-state index contributed by atoms with van der Waals surface area (Å²) in [5.41, 5.74) is 6.02. The van der Waals surface area contributed by atoms with Crippen molar-refractivity contribution in [1.82, 2.24) is 19.7 Å². The van der Waals surface area contributed by atoms with Gasteiger partial charge in [-0.25, -0.2) is 0 Å². The Morgan fingerprint density at radius 3 is 2.79 bits per heavy atom. The lowest BCUT2D eigenvalue weighted by molar-refractivity contribution is 0.149. The van der Waals surface area contributed by atoms with Crippen LogP contribution in [-0.2, 0) is 13.1 Å². The maximum absolute atomic E-state index is 6.02. The number of aryl methyl sites for hydroxylation is 1. The molecule has 2 atom stereocenters. The van der Waals surface area contributed by atoms with E-state index in [2.05, 4.69) is 33.5 Å². The van der Waals surface area contributed by atoms with Gasteiger partial charge < -0.3 is 10.3 Å². The fraction of sp³-hybridized carbons (Fsp3) is 0.846. The van der Waals surface area contributed by atoms with Gasteiger partial charge in [-0.3, -0.25) is 4.90 Å². The van der Waals surface area contributed by atoms with Gasteiger partial charge in [0.2, 0.25) is 0 Å². The van der Waals surface area contributed by atoms with E-state index in [9.17, 15) is 0 Å². The molecule has 0 aliphatic carbocycles. The third-order valence-electron chi connectivity index (χ3n) is 3.98. The highest BCUT2D eigenvalue weighted by molar-refractivity contribution is 5.85. The summed E-state index contributed by atoms with van der Waals surface area (Å²) in [7, 11) is 0. The van der Waals surface area contributed by atoms with E-state index in [-0.39, 0.29) is 12.4 Å². The summed E-state index contributed by atoms with van der Waals surface area (Å²) in [5, 5.41) is 8.46. The zero-order valence-corrected chi connectivity index (χ0v) is 13.0. The minimum atomic E-state index is 0. The lowest BCUT2D eigenvalue weighted by Gasteiger charge is -2.34. The first-order valence-electron chi connectivity index (χ1n) is 6.98. The molecular weight excluding hydrogens is 262 g/mol. The first-order valence-corrected chi connectivity index (χ1v) is 6.98. The summed E-state index contributed by atoms with van der Waals surface area (Å²) in [4.78, 5) is 2.47. The largest absolute Gasteiger partial charge is 0.328 e. The molecule has 2 rings (SSSR count). The first-order chi connectivity index (χ1) is 8.61. The van der Waals surface area contributed by atoms with Gasteiger partial charge in [-0.15, -0.1) is 22.6 Å². The Kier molecular flexibility index (Phi) is 6.23. The van der Waals surface area contributed by atoms with Gasteiger partial charge in [0, 0.05) is 19.1 Å². The van der Waals surface area contributed by atoms with Crippen LogP contribution in [0, 0.1) is 12.8 Å². The molecule has 6 heteroatoms. The molecule has 1 aromatic rings. The second-order valence-electron chi connectivity index (χ2n) is 5.40. The van der Waals surface area contributed by atoms with Crippen molar-refractivity contribution in [2.75, 3.05) is 13.1 Å². The van der Waals surface area contributed by atoms with E-state index in [4.69, 9.17) is 5.73 Å². The van der Waals surface area contributed by atoms with Crippen LogP contribution in [0.4, 0.5) is 0 Å². The first kappa shape index (κ1) is 16.4. The summed E-state index contributed by atoms with van der Waals surface area (Å²) >= 11 is 0. The van der Waals surface area contributed by atoms with Crippen LogP contribution >= 0.6 is 12.4 Å². The molecule has 1 aromatic heterocycles. The third-order valence-corrected chi connectivity index (χ3v) is 3.98. The highest BCUT2D eigenvalue weighted by Gasteiger charge is 2.23. The lowest BCUT2D eigenvalue weighted by Crippen LogP contribution is -2.42. The number of rotatable bonds is 4. The highest BCUT2D eigenvalue weighted by atomic mass is 35.5. The molecule has 0 aromatic carbocycles. The summed E-state index contributed by atoms with van der Waals surface area (Å²) < 4.78 is 2.19. The van der Waals surface area contributed by atoms with Crippen molar-refractivity contribution in [3.63, 3.8) is 0 Å². The molecule has 5 nitrogen and oxygen atoms in total. The number of piperidine rings is 1. The zero-order valence-electron chi connectivity index (χ0n) is 12.2. The zero-order chi connectivity index (χ0) is 13.1. The average Bonchev–Trinajstić information content (AvgIpc) is 2.70. The number of likely N-dealkylation sites (tertiary alicyclic amines) is 1. The molecule has 2 heterocycles. The number of nitrogens with zero attached hydrogens (tertiary/aromatic N) is 4. The molecule has 110 valence electrons. The van der Waals surface area contributed by atoms with Crippen molar-refractivity contribution in [2.24, 2.45) is 11.7 Å². The van der Waals surface area contributed by atoms with Crippen molar-refractivity contribution >= 4 is 12.4 Å². The topological polar surface area (TPSA) is 60.0 Å². The average molecular weight is 288 g/mol. The number of halogens is 1. The van der Waals surface area contributed by atoms with Gasteiger partial charge in [0.1, 0.15) is 11.6 Å². The standard InChI is InChI=1S/C13H25N5.ClH/c1-4-18-11(3)15-16-13(18)9-17-7-5-6-12(8-17)10(2)14;/h10,12H,4-9,14H2,1-3H3;1H. The van der Waals surface area contributed by atoms with Gasteiger partial charge in [-0.1, -0.05) is 0 Å². The van der Waals surface area contributed by atoms with E-state index in [1.165, 1.54) is 12.8 Å². The number of nitrogens with two attached hydrogens (primary N) is 1. The van der Waals surface area contributed by atoms with Crippen LogP contribution in [0.15, 0.2) is 0 Å². The van der Waals surface area contributed by atoms with E-state index in [0.717, 1.165) is 37.8 Å². The quantitative estimate of drug-likeness (QED) is 0.914. The van der Waals surface area contributed by atoms with Crippen molar-refractivity contribution in [3.8, 4) is 0 Å². The van der Waals surface area contributed by atoms with Crippen LogP contribution in [0.1, 0.15) is 38.3 Å². The minimum Gasteiger partial charge on any atom is -0.328 e. The monoisotopic (exact) mass is 287 g/mol. The molecule has 1 aliphatic rings. The smallest absolute Gasteiger partial charge is 0.147 e. The Labute approximate surface area is 122 Å². The molecule has 1 aliphatic heterocycles. The fourth-order valence-corrected chi connectivity index (χ4v) is 2.82. The van der Waals surface area contributed by atoms with Crippen LogP contribution in [-0.4, -0.2) is 38.8 Å². The molecule has 1 saturated heterocycles. The van der Waals surface area contributed by atoms with E-state index in [0.29, 0.717) is 12.0 Å². The fourth-order valence-electron chi connectivity index (χ4n) is 2.82. The summed E-state index contributed by atoms with van der Waals surface area (Å²) in [5.74, 6) is 2.71. The van der Waals surface area contributed by atoms with Gasteiger partial charge in [-0.05, 0) is 46.1 Å². The molecule has 2 N–H and O–H groups in total. The van der Waals surface area contributed by atoms with E-state index in [1.54, 1.807) is 0 Å². The molecule has 2 unspecified atom stereocenters. The molecule has 0 saturated carbocycles. The molecule has 19 heavy (non-hydrogen) atoms. The van der Waals surface area contributed by atoms with Gasteiger partial charge >= 0.3 is 0 Å². The number of aromatic nitrogens is 3. The maximum atomic E-state index is 6.02. The Balaban J connectivity index is 0.00000180.